The van der Waals surface area contributed by atoms with Gasteiger partial charge in [0.25, 0.3) is 11.6 Å². The number of unbranched alkanes of at least 4 members (excludes halogenated alkanes) is 1. The number of hydrogen-bond acceptors (Lipinski definition) is 5. The first kappa shape index (κ1) is 15.9. The molecular weight excluding hydrogens is 262 g/mol. The van der Waals surface area contributed by atoms with Crippen molar-refractivity contribution in [1.29, 1.82) is 0 Å². The first-order chi connectivity index (χ1) is 9.41. The van der Waals surface area contributed by atoms with E-state index < -0.39 is 10.8 Å². The number of phenols is 1. The Morgan fingerprint density at radius 3 is 2.70 bits per heavy atom. The van der Waals surface area contributed by atoms with Crippen molar-refractivity contribution < 1.29 is 14.8 Å². The van der Waals surface area contributed by atoms with Gasteiger partial charge in [0, 0.05) is 12.6 Å². The molecule has 1 amide bonds. The van der Waals surface area contributed by atoms with Crippen LogP contribution >= 0.6 is 0 Å². The molecule has 0 radical (unpaired) electrons. The zero-order chi connectivity index (χ0) is 15.1. The van der Waals surface area contributed by atoms with E-state index in [1.54, 1.807) is 0 Å². The van der Waals surface area contributed by atoms with Crippen molar-refractivity contribution in [3.63, 3.8) is 0 Å². The normalized spacial score (nSPS) is 10.6. The summed E-state index contributed by atoms with van der Waals surface area (Å²) in [4.78, 5) is 24.1. The summed E-state index contributed by atoms with van der Waals surface area (Å²) in [7, 11) is 3.93. The summed E-state index contributed by atoms with van der Waals surface area (Å²) in [5, 5.41) is 22.8. The van der Waals surface area contributed by atoms with Crippen LogP contribution < -0.4 is 5.32 Å². The molecule has 7 nitrogen and oxygen atoms in total. The predicted octanol–water partition coefficient (Wildman–Crippen LogP) is 1.37. The van der Waals surface area contributed by atoms with Crippen LogP contribution in [-0.2, 0) is 0 Å². The van der Waals surface area contributed by atoms with Crippen LogP contribution in [0.2, 0.25) is 0 Å². The number of phenolic OH excluding ortho intramolecular Hbond substituents is 1. The number of carbonyl (C=O) groups is 1. The zero-order valence-corrected chi connectivity index (χ0v) is 11.6. The summed E-state index contributed by atoms with van der Waals surface area (Å²) in [6, 6.07) is 3.41. The molecule has 2 N–H and O–H groups in total. The highest BCUT2D eigenvalue weighted by Crippen LogP contribution is 2.23. The maximum Gasteiger partial charge on any atom is 0.282 e. The van der Waals surface area contributed by atoms with Gasteiger partial charge in [-0.15, -0.1) is 0 Å². The van der Waals surface area contributed by atoms with Crippen molar-refractivity contribution >= 4 is 11.6 Å². The van der Waals surface area contributed by atoms with Crippen molar-refractivity contribution in [2.24, 2.45) is 0 Å². The van der Waals surface area contributed by atoms with Crippen LogP contribution in [0.25, 0.3) is 0 Å². The molecule has 1 aromatic rings. The van der Waals surface area contributed by atoms with Crippen molar-refractivity contribution in [2.75, 3.05) is 27.2 Å². The fourth-order valence-electron chi connectivity index (χ4n) is 1.72. The Hall–Kier alpha value is -2.15. The van der Waals surface area contributed by atoms with Crippen LogP contribution in [0.4, 0.5) is 5.69 Å². The first-order valence-electron chi connectivity index (χ1n) is 6.32. The molecule has 0 fully saturated rings. The molecule has 0 aliphatic rings. The quantitative estimate of drug-likeness (QED) is 0.447. The van der Waals surface area contributed by atoms with E-state index in [0.29, 0.717) is 6.54 Å². The van der Waals surface area contributed by atoms with E-state index >= 15 is 0 Å². The maximum absolute atomic E-state index is 11.9. The molecule has 1 aromatic carbocycles. The summed E-state index contributed by atoms with van der Waals surface area (Å²) in [6.45, 7) is 1.36. The molecule has 0 aliphatic heterocycles. The topological polar surface area (TPSA) is 95.7 Å². The number of nitro groups is 1. The first-order valence-corrected chi connectivity index (χ1v) is 6.32. The molecule has 0 aliphatic carbocycles. The van der Waals surface area contributed by atoms with E-state index in [0.717, 1.165) is 31.5 Å². The van der Waals surface area contributed by atoms with Crippen LogP contribution in [0.5, 0.6) is 5.75 Å². The Labute approximate surface area is 117 Å². The van der Waals surface area contributed by atoms with Crippen LogP contribution in [-0.4, -0.2) is 48.0 Å². The third-order valence-electron chi connectivity index (χ3n) is 2.74. The smallest absolute Gasteiger partial charge is 0.282 e. The highest BCUT2D eigenvalue weighted by atomic mass is 16.6. The van der Waals surface area contributed by atoms with Crippen LogP contribution in [0, 0.1) is 10.1 Å². The largest absolute Gasteiger partial charge is 0.508 e. The van der Waals surface area contributed by atoms with Gasteiger partial charge in [0.1, 0.15) is 11.3 Å². The second kappa shape index (κ2) is 7.44. The molecule has 0 spiro atoms. The summed E-state index contributed by atoms with van der Waals surface area (Å²) in [5.41, 5.74) is -0.434. The monoisotopic (exact) mass is 281 g/mol. The van der Waals surface area contributed by atoms with Gasteiger partial charge in [-0.25, -0.2) is 0 Å². The van der Waals surface area contributed by atoms with E-state index in [4.69, 9.17) is 0 Å². The van der Waals surface area contributed by atoms with E-state index in [-0.39, 0.29) is 17.0 Å². The lowest BCUT2D eigenvalue weighted by Gasteiger charge is -2.09. The number of nitrogens with one attached hydrogen (secondary N) is 1. The number of nitrogens with zero attached hydrogens (tertiary/aromatic N) is 2. The van der Waals surface area contributed by atoms with Gasteiger partial charge in [-0.3, -0.25) is 14.9 Å². The van der Waals surface area contributed by atoms with Gasteiger partial charge in [-0.2, -0.15) is 0 Å². The molecular formula is C13H19N3O4. The minimum absolute atomic E-state index is 0.123. The molecule has 0 atom stereocenters. The number of aromatic hydroxyl groups is 1. The van der Waals surface area contributed by atoms with Crippen LogP contribution in [0.3, 0.4) is 0 Å². The molecule has 110 valence electrons. The average Bonchev–Trinajstić information content (AvgIpc) is 2.37. The van der Waals surface area contributed by atoms with E-state index in [2.05, 4.69) is 5.32 Å². The number of rotatable bonds is 7. The summed E-state index contributed by atoms with van der Waals surface area (Å²) in [6.07, 6.45) is 1.71. The lowest BCUT2D eigenvalue weighted by molar-refractivity contribution is -0.385. The van der Waals surface area contributed by atoms with Gasteiger partial charge >= 0.3 is 0 Å². The Kier molecular flexibility index (Phi) is 5.92. The SMILES string of the molecule is CN(C)CCCCNC(=O)c1cc(O)ccc1[N+](=O)[O-]. The molecule has 20 heavy (non-hydrogen) atoms. The van der Waals surface area contributed by atoms with E-state index in [1.807, 2.05) is 19.0 Å². The Morgan fingerprint density at radius 1 is 1.40 bits per heavy atom. The second-order valence-corrected chi connectivity index (χ2v) is 4.72. The highest BCUT2D eigenvalue weighted by molar-refractivity contribution is 5.98. The van der Waals surface area contributed by atoms with Crippen molar-refractivity contribution in [1.82, 2.24) is 10.2 Å². The van der Waals surface area contributed by atoms with Crippen LogP contribution in [0.1, 0.15) is 23.2 Å². The van der Waals surface area contributed by atoms with Gasteiger partial charge in [-0.05, 0) is 45.6 Å². The Morgan fingerprint density at radius 2 is 2.10 bits per heavy atom. The highest BCUT2D eigenvalue weighted by Gasteiger charge is 2.20. The number of benzene rings is 1. The van der Waals surface area contributed by atoms with Crippen molar-refractivity contribution in [2.45, 2.75) is 12.8 Å². The van der Waals surface area contributed by atoms with E-state index in [1.165, 1.54) is 6.07 Å². The fourth-order valence-corrected chi connectivity index (χ4v) is 1.72. The minimum Gasteiger partial charge on any atom is -0.508 e. The average molecular weight is 281 g/mol. The third kappa shape index (κ3) is 4.85. The number of hydrogen-bond donors (Lipinski definition) is 2. The number of nitro benzene ring substituents is 1. The molecule has 0 saturated heterocycles. The summed E-state index contributed by atoms with van der Waals surface area (Å²) < 4.78 is 0. The Balaban J connectivity index is 2.59. The zero-order valence-electron chi connectivity index (χ0n) is 11.6. The van der Waals surface area contributed by atoms with Crippen molar-refractivity contribution in [3.8, 4) is 5.75 Å². The van der Waals surface area contributed by atoms with Gasteiger partial charge in [0.15, 0.2) is 0 Å². The van der Waals surface area contributed by atoms with E-state index in [9.17, 15) is 20.0 Å². The lowest BCUT2D eigenvalue weighted by Crippen LogP contribution is -2.26. The molecule has 1 rings (SSSR count). The second-order valence-electron chi connectivity index (χ2n) is 4.72. The molecule has 0 saturated carbocycles. The molecule has 0 aromatic heterocycles. The maximum atomic E-state index is 11.9. The fraction of sp³-hybridized carbons (Fsp3) is 0.462. The third-order valence-corrected chi connectivity index (χ3v) is 2.74. The summed E-state index contributed by atoms with van der Waals surface area (Å²) >= 11 is 0. The molecule has 7 heteroatoms. The summed E-state index contributed by atoms with van der Waals surface area (Å²) in [5.74, 6) is -0.717. The standard InChI is InChI=1S/C13H19N3O4/c1-15(2)8-4-3-7-14-13(18)11-9-10(17)5-6-12(11)16(19)20/h5-6,9,17H,3-4,7-8H2,1-2H3,(H,14,18). The molecule has 0 bridgehead atoms. The van der Waals surface area contributed by atoms with Gasteiger partial charge < -0.3 is 15.3 Å². The number of carbonyl (C=O) groups excluding carboxylic acids is 1. The van der Waals surface area contributed by atoms with Gasteiger partial charge in [0.05, 0.1) is 4.92 Å². The predicted molar refractivity (Wildman–Crippen MR) is 74.9 cm³/mol. The van der Waals surface area contributed by atoms with Gasteiger partial charge in [-0.1, -0.05) is 0 Å². The van der Waals surface area contributed by atoms with Gasteiger partial charge in [0.2, 0.25) is 0 Å². The number of amides is 1. The van der Waals surface area contributed by atoms with Crippen LogP contribution in [0.15, 0.2) is 18.2 Å². The minimum atomic E-state index is -0.638. The lowest BCUT2D eigenvalue weighted by atomic mass is 10.1. The molecule has 0 heterocycles. The molecule has 0 unspecified atom stereocenters. The Bertz CT molecular complexity index is 489. The van der Waals surface area contributed by atoms with Crippen molar-refractivity contribution in [3.05, 3.63) is 33.9 Å².